The van der Waals surface area contributed by atoms with Gasteiger partial charge in [-0.3, -0.25) is 4.79 Å². The summed E-state index contributed by atoms with van der Waals surface area (Å²) in [5.41, 5.74) is 1.50. The number of hydrogen-bond acceptors (Lipinski definition) is 6. The van der Waals surface area contributed by atoms with Crippen LogP contribution in [0.1, 0.15) is 24.0 Å². The van der Waals surface area contributed by atoms with Crippen molar-refractivity contribution >= 4 is 26.0 Å². The Labute approximate surface area is 188 Å². The molecule has 1 amide bonds. The summed E-state index contributed by atoms with van der Waals surface area (Å²) in [6.45, 7) is 2.41. The van der Waals surface area contributed by atoms with Gasteiger partial charge in [0.1, 0.15) is 10.6 Å². The lowest BCUT2D eigenvalue weighted by Gasteiger charge is -2.31. The number of nitrogens with one attached hydrogen (secondary N) is 1. The fourth-order valence-corrected chi connectivity index (χ4v) is 5.91. The molecule has 0 radical (unpaired) electrons. The van der Waals surface area contributed by atoms with E-state index in [4.69, 9.17) is 9.88 Å². The third-order valence-electron chi connectivity index (χ3n) is 5.41. The van der Waals surface area contributed by atoms with Crippen molar-refractivity contribution in [2.45, 2.75) is 36.1 Å². The Bertz CT molecular complexity index is 1190. The summed E-state index contributed by atoms with van der Waals surface area (Å²) in [6, 6.07) is 10.9. The quantitative estimate of drug-likeness (QED) is 0.613. The van der Waals surface area contributed by atoms with Crippen molar-refractivity contribution < 1.29 is 26.4 Å². The molecule has 2 aromatic rings. The topological polar surface area (TPSA) is 136 Å². The Hall–Kier alpha value is -2.47. The highest BCUT2D eigenvalue weighted by molar-refractivity contribution is 7.89. The minimum absolute atomic E-state index is 0.00715. The SMILES string of the molecule is COc1ccc(C)cc1S(=O)(=O)N1CCC[C@@H](C(=O)NCc2ccc(S(N)(=O)=O)cc2)C1. The second kappa shape index (κ2) is 9.57. The van der Waals surface area contributed by atoms with Gasteiger partial charge in [-0.25, -0.2) is 22.0 Å². The summed E-state index contributed by atoms with van der Waals surface area (Å²) in [5.74, 6) is -0.472. The highest BCUT2D eigenvalue weighted by atomic mass is 32.2. The van der Waals surface area contributed by atoms with Crippen molar-refractivity contribution in [2.75, 3.05) is 20.2 Å². The van der Waals surface area contributed by atoms with Crippen LogP contribution in [0, 0.1) is 12.8 Å². The molecular formula is C21H27N3O6S2. The molecule has 1 saturated heterocycles. The molecule has 3 N–H and O–H groups in total. The van der Waals surface area contributed by atoms with Crippen LogP contribution in [0.4, 0.5) is 0 Å². The maximum atomic E-state index is 13.2. The standard InChI is InChI=1S/C21H27N3O6S2/c1-15-5-10-19(30-2)20(12-15)32(28,29)24-11-3-4-17(14-24)21(25)23-13-16-6-8-18(9-7-16)31(22,26)27/h5-10,12,17H,3-4,11,13-14H2,1-2H3,(H,23,25)(H2,22,26,27)/t17-/m1/s1. The lowest BCUT2D eigenvalue weighted by molar-refractivity contribution is -0.126. The second-order valence-electron chi connectivity index (χ2n) is 7.76. The molecule has 174 valence electrons. The molecule has 1 heterocycles. The number of sulfonamides is 2. The van der Waals surface area contributed by atoms with E-state index in [0.717, 1.165) is 5.56 Å². The average molecular weight is 482 g/mol. The summed E-state index contributed by atoms with van der Waals surface area (Å²) >= 11 is 0. The Morgan fingerprint density at radius 1 is 1.16 bits per heavy atom. The van der Waals surface area contributed by atoms with E-state index in [1.165, 1.54) is 23.5 Å². The van der Waals surface area contributed by atoms with Gasteiger partial charge in [0.25, 0.3) is 0 Å². The molecule has 0 saturated carbocycles. The maximum absolute atomic E-state index is 13.2. The molecule has 0 bridgehead atoms. The van der Waals surface area contributed by atoms with Gasteiger partial charge in [0.2, 0.25) is 26.0 Å². The molecule has 0 aliphatic carbocycles. The van der Waals surface area contributed by atoms with Gasteiger partial charge in [0, 0.05) is 19.6 Å². The molecule has 2 aromatic carbocycles. The van der Waals surface area contributed by atoms with Gasteiger partial charge in [0.15, 0.2) is 0 Å². The van der Waals surface area contributed by atoms with E-state index >= 15 is 0 Å². The molecule has 11 heteroatoms. The molecule has 1 atom stereocenters. The van der Waals surface area contributed by atoms with Crippen LogP contribution in [0.5, 0.6) is 5.75 Å². The normalized spacial score (nSPS) is 17.7. The van der Waals surface area contributed by atoms with E-state index in [2.05, 4.69) is 5.32 Å². The third-order valence-corrected chi connectivity index (χ3v) is 8.23. The van der Waals surface area contributed by atoms with Crippen molar-refractivity contribution in [1.82, 2.24) is 9.62 Å². The van der Waals surface area contributed by atoms with E-state index in [1.54, 1.807) is 37.3 Å². The average Bonchev–Trinajstić information content (AvgIpc) is 2.77. The fourth-order valence-electron chi connectivity index (χ4n) is 3.63. The number of ether oxygens (including phenoxy) is 1. The zero-order chi connectivity index (χ0) is 23.5. The smallest absolute Gasteiger partial charge is 0.246 e. The third kappa shape index (κ3) is 5.47. The number of piperidine rings is 1. The first-order valence-corrected chi connectivity index (χ1v) is 13.1. The zero-order valence-electron chi connectivity index (χ0n) is 17.9. The van der Waals surface area contributed by atoms with Crippen LogP contribution < -0.4 is 15.2 Å². The maximum Gasteiger partial charge on any atom is 0.246 e. The second-order valence-corrected chi connectivity index (χ2v) is 11.2. The number of carbonyl (C=O) groups is 1. The Balaban J connectivity index is 1.68. The number of benzene rings is 2. The Kier molecular flexibility index (Phi) is 7.23. The van der Waals surface area contributed by atoms with Crippen LogP contribution in [-0.2, 0) is 31.4 Å². The van der Waals surface area contributed by atoms with Crippen molar-refractivity contribution in [3.05, 3.63) is 53.6 Å². The number of nitrogens with two attached hydrogens (primary N) is 1. The number of methoxy groups -OCH3 is 1. The number of amides is 1. The fraction of sp³-hybridized carbons (Fsp3) is 0.381. The molecule has 3 rings (SSSR count). The molecule has 1 fully saturated rings. The first kappa shape index (κ1) is 24.2. The summed E-state index contributed by atoms with van der Waals surface area (Å²) in [6.07, 6.45) is 1.14. The van der Waals surface area contributed by atoms with Crippen molar-refractivity contribution in [2.24, 2.45) is 11.1 Å². The number of primary sulfonamides is 1. The first-order valence-electron chi connectivity index (χ1n) is 10.1. The minimum Gasteiger partial charge on any atom is -0.495 e. The van der Waals surface area contributed by atoms with E-state index in [-0.39, 0.29) is 34.5 Å². The van der Waals surface area contributed by atoms with Crippen molar-refractivity contribution in [3.8, 4) is 5.75 Å². The van der Waals surface area contributed by atoms with Crippen molar-refractivity contribution in [3.63, 3.8) is 0 Å². The number of aryl methyl sites for hydroxylation is 1. The highest BCUT2D eigenvalue weighted by Gasteiger charge is 2.34. The van der Waals surface area contributed by atoms with Crippen LogP contribution >= 0.6 is 0 Å². The first-order chi connectivity index (χ1) is 15.0. The molecule has 1 aliphatic rings. The number of nitrogens with zero attached hydrogens (tertiary/aromatic N) is 1. The van der Waals surface area contributed by atoms with Gasteiger partial charge in [-0.15, -0.1) is 0 Å². The lowest BCUT2D eigenvalue weighted by Crippen LogP contribution is -2.45. The van der Waals surface area contributed by atoms with Crippen LogP contribution in [0.2, 0.25) is 0 Å². The molecule has 0 aromatic heterocycles. The van der Waals surface area contributed by atoms with Crippen LogP contribution in [0.15, 0.2) is 52.3 Å². The van der Waals surface area contributed by atoms with Gasteiger partial charge >= 0.3 is 0 Å². The molecule has 9 nitrogen and oxygen atoms in total. The molecule has 1 aliphatic heterocycles. The monoisotopic (exact) mass is 481 g/mol. The van der Waals surface area contributed by atoms with E-state index in [9.17, 15) is 21.6 Å². The summed E-state index contributed by atoms with van der Waals surface area (Å²) in [5, 5.41) is 7.89. The minimum atomic E-state index is -3.82. The van der Waals surface area contributed by atoms with Gasteiger partial charge in [-0.05, 0) is 55.2 Å². The van der Waals surface area contributed by atoms with Crippen LogP contribution in [-0.4, -0.2) is 47.2 Å². The summed E-state index contributed by atoms with van der Waals surface area (Å²) in [4.78, 5) is 12.8. The highest BCUT2D eigenvalue weighted by Crippen LogP contribution is 2.30. The zero-order valence-corrected chi connectivity index (χ0v) is 19.6. The summed E-state index contributed by atoms with van der Waals surface area (Å²) < 4.78 is 55.7. The molecule has 32 heavy (non-hydrogen) atoms. The van der Waals surface area contributed by atoms with E-state index < -0.39 is 26.0 Å². The predicted molar refractivity (Wildman–Crippen MR) is 119 cm³/mol. The lowest BCUT2D eigenvalue weighted by atomic mass is 9.99. The summed E-state index contributed by atoms with van der Waals surface area (Å²) in [7, 11) is -6.18. The van der Waals surface area contributed by atoms with Gasteiger partial charge in [0.05, 0.1) is 17.9 Å². The van der Waals surface area contributed by atoms with E-state index in [0.29, 0.717) is 24.9 Å². The van der Waals surface area contributed by atoms with Gasteiger partial charge < -0.3 is 10.1 Å². The van der Waals surface area contributed by atoms with Gasteiger partial charge in [-0.1, -0.05) is 18.2 Å². The van der Waals surface area contributed by atoms with E-state index in [1.807, 2.05) is 0 Å². The van der Waals surface area contributed by atoms with Crippen molar-refractivity contribution in [1.29, 1.82) is 0 Å². The number of carbonyl (C=O) groups excluding carboxylic acids is 1. The Morgan fingerprint density at radius 2 is 1.84 bits per heavy atom. The van der Waals surface area contributed by atoms with Crippen LogP contribution in [0.25, 0.3) is 0 Å². The largest absolute Gasteiger partial charge is 0.495 e. The Morgan fingerprint density at radius 3 is 2.47 bits per heavy atom. The van der Waals surface area contributed by atoms with Gasteiger partial charge in [-0.2, -0.15) is 4.31 Å². The number of hydrogen-bond donors (Lipinski definition) is 2. The van der Waals surface area contributed by atoms with Crippen LogP contribution in [0.3, 0.4) is 0 Å². The molecular weight excluding hydrogens is 454 g/mol. The molecule has 0 spiro atoms. The number of rotatable bonds is 7. The predicted octanol–water partition coefficient (Wildman–Crippen LogP) is 1.37. The molecule has 0 unspecified atom stereocenters.